The molecule has 8 nitrogen and oxygen atoms in total. The van der Waals surface area contributed by atoms with Gasteiger partial charge in [0.1, 0.15) is 5.75 Å². The number of rotatable bonds is 9. The highest BCUT2D eigenvalue weighted by atomic mass is 32.1. The smallest absolute Gasteiger partial charge is 0.226 e. The number of nitrogens with zero attached hydrogens (tertiary/aromatic N) is 2. The number of nitrogens with one attached hydrogen (secondary N) is 2. The number of ether oxygens (including phenoxy) is 1. The monoisotopic (exact) mass is 490 g/mol. The maximum Gasteiger partial charge on any atom is 0.226 e. The van der Waals surface area contributed by atoms with Crippen molar-refractivity contribution in [2.24, 2.45) is 0 Å². The number of hydrogen-bond acceptors (Lipinski definition) is 7. The largest absolute Gasteiger partial charge is 0.497 e. The fourth-order valence-corrected chi connectivity index (χ4v) is 4.25. The first-order chi connectivity index (χ1) is 16.9. The van der Waals surface area contributed by atoms with Gasteiger partial charge < -0.3 is 19.8 Å². The van der Waals surface area contributed by atoms with E-state index in [1.165, 1.54) is 18.3 Å². The quantitative estimate of drug-likeness (QED) is 0.332. The zero-order valence-electron chi connectivity index (χ0n) is 19.7. The average Bonchev–Trinajstić information content (AvgIpc) is 3.52. The van der Waals surface area contributed by atoms with Crippen molar-refractivity contribution in [3.63, 3.8) is 0 Å². The van der Waals surface area contributed by atoms with Gasteiger partial charge in [-0.3, -0.25) is 9.59 Å². The Morgan fingerprint density at radius 1 is 1.09 bits per heavy atom. The molecular weight excluding hydrogens is 464 g/mol. The van der Waals surface area contributed by atoms with E-state index in [-0.39, 0.29) is 24.3 Å². The Labute approximate surface area is 207 Å². The van der Waals surface area contributed by atoms with Crippen LogP contribution in [0.3, 0.4) is 0 Å². The van der Waals surface area contributed by atoms with Gasteiger partial charge in [-0.1, -0.05) is 24.3 Å². The molecule has 1 unspecified atom stereocenters. The van der Waals surface area contributed by atoms with Crippen LogP contribution in [0.1, 0.15) is 37.8 Å². The molecule has 2 aromatic heterocycles. The Hall–Kier alpha value is -3.98. The first-order valence-electron chi connectivity index (χ1n) is 11.1. The Balaban J connectivity index is 1.30. The van der Waals surface area contributed by atoms with Crippen LogP contribution >= 0.6 is 11.3 Å². The molecule has 1 atom stereocenters. The van der Waals surface area contributed by atoms with Gasteiger partial charge in [0.15, 0.2) is 16.8 Å². The van der Waals surface area contributed by atoms with Crippen LogP contribution in [0.4, 0.5) is 5.13 Å². The second kappa shape index (κ2) is 11.0. The summed E-state index contributed by atoms with van der Waals surface area (Å²) in [6, 6.07) is 15.3. The minimum Gasteiger partial charge on any atom is -0.497 e. The molecule has 0 aliphatic rings. The van der Waals surface area contributed by atoms with Crippen molar-refractivity contribution in [2.75, 3.05) is 12.4 Å². The van der Waals surface area contributed by atoms with E-state index in [2.05, 4.69) is 20.6 Å². The van der Waals surface area contributed by atoms with Gasteiger partial charge in [-0.2, -0.15) is 0 Å². The Bertz CT molecular complexity index is 1300. The van der Waals surface area contributed by atoms with E-state index < -0.39 is 0 Å². The average molecular weight is 491 g/mol. The summed E-state index contributed by atoms with van der Waals surface area (Å²) >= 11 is 1.37. The highest BCUT2D eigenvalue weighted by Gasteiger charge is 2.12. The van der Waals surface area contributed by atoms with Crippen molar-refractivity contribution in [1.29, 1.82) is 0 Å². The number of anilines is 1. The number of aromatic nitrogens is 2. The second-order valence-electron chi connectivity index (χ2n) is 7.98. The van der Waals surface area contributed by atoms with Crippen molar-refractivity contribution >= 4 is 28.3 Å². The second-order valence-corrected chi connectivity index (χ2v) is 8.84. The van der Waals surface area contributed by atoms with Gasteiger partial charge in [0.05, 0.1) is 25.0 Å². The third-order valence-corrected chi connectivity index (χ3v) is 6.13. The lowest BCUT2D eigenvalue weighted by atomic mass is 10.1. The molecule has 180 valence electrons. The van der Waals surface area contributed by atoms with Crippen LogP contribution in [-0.2, 0) is 16.0 Å². The predicted molar refractivity (Wildman–Crippen MR) is 135 cm³/mol. The number of carbonyl (C=O) groups is 2. The van der Waals surface area contributed by atoms with Gasteiger partial charge in [-0.25, -0.2) is 9.97 Å². The van der Waals surface area contributed by atoms with Gasteiger partial charge in [0.25, 0.3) is 0 Å². The van der Waals surface area contributed by atoms with Crippen LogP contribution in [0.5, 0.6) is 5.75 Å². The van der Waals surface area contributed by atoms with Crippen molar-refractivity contribution in [2.45, 2.75) is 32.7 Å². The van der Waals surface area contributed by atoms with E-state index in [9.17, 15) is 9.59 Å². The number of hydrogen-bond donors (Lipinski definition) is 2. The van der Waals surface area contributed by atoms with Gasteiger partial charge >= 0.3 is 0 Å². The van der Waals surface area contributed by atoms with E-state index in [1.54, 1.807) is 13.3 Å². The number of amides is 2. The topological polar surface area (TPSA) is 106 Å². The molecule has 35 heavy (non-hydrogen) atoms. The summed E-state index contributed by atoms with van der Waals surface area (Å²) in [4.78, 5) is 32.5. The number of carbonyl (C=O) groups excluding carboxylic acids is 2. The zero-order chi connectivity index (χ0) is 24.8. The molecule has 0 fully saturated rings. The lowest BCUT2D eigenvalue weighted by Gasteiger charge is -2.12. The minimum absolute atomic E-state index is 0.0669. The van der Waals surface area contributed by atoms with Crippen LogP contribution in [-0.4, -0.2) is 28.9 Å². The van der Waals surface area contributed by atoms with Crippen LogP contribution in [0, 0.1) is 0 Å². The molecular formula is C26H26N4O4S. The van der Waals surface area contributed by atoms with E-state index in [0.29, 0.717) is 23.2 Å². The first kappa shape index (κ1) is 24.2. The maximum absolute atomic E-state index is 12.4. The fourth-order valence-electron chi connectivity index (χ4n) is 3.51. The Kier molecular flexibility index (Phi) is 7.57. The predicted octanol–water partition coefficient (Wildman–Crippen LogP) is 5.24. The number of methoxy groups -OCH3 is 1. The highest BCUT2D eigenvalue weighted by Crippen LogP contribution is 2.27. The SMILES string of the molecule is COc1ccc(-c2cnc(CCC(=O)Nc3nc(-c4ccc(C(C)NC(C)=O)cc4)cs3)o2)cc1. The minimum atomic E-state index is -0.158. The fraction of sp³-hybridized carbons (Fsp3) is 0.231. The number of benzene rings is 2. The number of oxazole rings is 1. The molecule has 0 radical (unpaired) electrons. The normalized spacial score (nSPS) is 11.6. The van der Waals surface area contributed by atoms with Crippen molar-refractivity contribution in [3.05, 3.63) is 71.6 Å². The summed E-state index contributed by atoms with van der Waals surface area (Å²) in [7, 11) is 1.62. The van der Waals surface area contributed by atoms with Crippen molar-refractivity contribution < 1.29 is 18.7 Å². The summed E-state index contributed by atoms with van der Waals surface area (Å²) in [6.45, 7) is 3.44. The molecule has 0 aliphatic carbocycles. The van der Waals surface area contributed by atoms with Crippen LogP contribution in [0.15, 0.2) is 64.5 Å². The highest BCUT2D eigenvalue weighted by molar-refractivity contribution is 7.14. The van der Waals surface area contributed by atoms with Crippen molar-refractivity contribution in [1.82, 2.24) is 15.3 Å². The first-order valence-corrected chi connectivity index (χ1v) is 12.0. The molecule has 0 bridgehead atoms. The van der Waals surface area contributed by atoms with E-state index >= 15 is 0 Å². The van der Waals surface area contributed by atoms with Crippen molar-refractivity contribution in [3.8, 4) is 28.3 Å². The molecule has 0 saturated heterocycles. The molecule has 0 spiro atoms. The third kappa shape index (κ3) is 6.33. The molecule has 4 rings (SSSR count). The summed E-state index contributed by atoms with van der Waals surface area (Å²) in [6.07, 6.45) is 2.27. The Morgan fingerprint density at radius 2 is 1.80 bits per heavy atom. The summed E-state index contributed by atoms with van der Waals surface area (Å²) in [5.41, 5.74) is 3.61. The van der Waals surface area contributed by atoms with Gasteiger partial charge in [0.2, 0.25) is 11.8 Å². The standard InChI is InChI=1S/C26H26N4O4S/c1-16(28-17(2)31)18-4-6-19(7-5-18)22-15-35-26(29-22)30-24(32)12-13-25-27-14-23(34-25)20-8-10-21(33-3)11-9-20/h4-11,14-16H,12-13H2,1-3H3,(H,28,31)(H,29,30,32). The molecule has 2 aromatic carbocycles. The molecule has 4 aromatic rings. The Morgan fingerprint density at radius 3 is 2.49 bits per heavy atom. The maximum atomic E-state index is 12.4. The molecule has 0 aliphatic heterocycles. The third-order valence-electron chi connectivity index (χ3n) is 5.37. The van der Waals surface area contributed by atoms with Gasteiger partial charge in [-0.15, -0.1) is 11.3 Å². The molecule has 2 heterocycles. The molecule has 9 heteroatoms. The van der Waals surface area contributed by atoms with E-state index in [0.717, 1.165) is 28.1 Å². The number of aryl methyl sites for hydroxylation is 1. The zero-order valence-corrected chi connectivity index (χ0v) is 20.5. The van der Waals surface area contributed by atoms with Crippen LogP contribution < -0.4 is 15.4 Å². The van der Waals surface area contributed by atoms with E-state index in [4.69, 9.17) is 9.15 Å². The van der Waals surface area contributed by atoms with Gasteiger partial charge in [0, 0.05) is 36.3 Å². The summed E-state index contributed by atoms with van der Waals surface area (Å²) < 4.78 is 11.0. The molecule has 2 N–H and O–H groups in total. The van der Waals surface area contributed by atoms with Gasteiger partial charge in [-0.05, 0) is 36.8 Å². The molecule has 0 saturated carbocycles. The van der Waals surface area contributed by atoms with Crippen LogP contribution in [0.2, 0.25) is 0 Å². The summed E-state index contributed by atoms with van der Waals surface area (Å²) in [5.74, 6) is 1.69. The molecule has 2 amide bonds. The lowest BCUT2D eigenvalue weighted by molar-refractivity contribution is -0.119. The van der Waals surface area contributed by atoms with Crippen LogP contribution in [0.25, 0.3) is 22.6 Å². The number of thiazole rings is 1. The summed E-state index contributed by atoms with van der Waals surface area (Å²) in [5, 5.41) is 8.14. The lowest BCUT2D eigenvalue weighted by Crippen LogP contribution is -2.23. The van der Waals surface area contributed by atoms with E-state index in [1.807, 2.05) is 60.8 Å².